The van der Waals surface area contributed by atoms with Crippen molar-refractivity contribution in [2.45, 2.75) is 69.1 Å². The van der Waals surface area contributed by atoms with Gasteiger partial charge in [-0.3, -0.25) is 14.2 Å². The molecule has 1 atom stereocenters. The normalized spacial score (nSPS) is 19.6. The number of hydrogen-bond acceptors (Lipinski definition) is 5. The lowest BCUT2D eigenvalue weighted by Crippen LogP contribution is -2.37. The standard InChI is InChI=1S/C19H25N3O2S2/c1-12(13-7-8-13)22-18(24)15-9-10-25-17(15)21-19(22)26-11-16(23)20-14-5-3-2-4-6-14/h9-10,12-14H,2-8,11H2,1H3,(H,20,23). The van der Waals surface area contributed by atoms with Gasteiger partial charge in [0.25, 0.3) is 5.56 Å². The van der Waals surface area contributed by atoms with E-state index in [1.165, 1.54) is 55.2 Å². The van der Waals surface area contributed by atoms with Gasteiger partial charge in [0.1, 0.15) is 4.83 Å². The number of nitrogens with one attached hydrogen (secondary N) is 1. The predicted molar refractivity (Wildman–Crippen MR) is 107 cm³/mol. The van der Waals surface area contributed by atoms with Crippen LogP contribution < -0.4 is 10.9 Å². The van der Waals surface area contributed by atoms with E-state index in [0.29, 0.717) is 28.3 Å². The van der Waals surface area contributed by atoms with E-state index in [0.717, 1.165) is 17.7 Å². The van der Waals surface area contributed by atoms with E-state index in [4.69, 9.17) is 4.98 Å². The van der Waals surface area contributed by atoms with Gasteiger partial charge in [-0.05, 0) is 50.0 Å². The van der Waals surface area contributed by atoms with Crippen molar-refractivity contribution in [1.82, 2.24) is 14.9 Å². The molecule has 2 aliphatic rings. The summed E-state index contributed by atoms with van der Waals surface area (Å²) in [6.07, 6.45) is 8.18. The third-order valence-electron chi connectivity index (χ3n) is 5.51. The molecule has 4 rings (SSSR count). The first-order valence-corrected chi connectivity index (χ1v) is 11.4. The van der Waals surface area contributed by atoms with Gasteiger partial charge in [0.05, 0.1) is 11.1 Å². The molecule has 0 saturated heterocycles. The number of rotatable bonds is 6. The maximum absolute atomic E-state index is 13.0. The molecule has 0 aromatic carbocycles. The Morgan fingerprint density at radius 3 is 2.85 bits per heavy atom. The van der Waals surface area contributed by atoms with Gasteiger partial charge >= 0.3 is 0 Å². The molecule has 2 aliphatic carbocycles. The highest BCUT2D eigenvalue weighted by molar-refractivity contribution is 7.99. The molecule has 2 aromatic heterocycles. The monoisotopic (exact) mass is 391 g/mol. The summed E-state index contributed by atoms with van der Waals surface area (Å²) in [5.74, 6) is 0.922. The van der Waals surface area contributed by atoms with Crippen LogP contribution in [0.15, 0.2) is 21.4 Å². The largest absolute Gasteiger partial charge is 0.353 e. The number of hydrogen-bond donors (Lipinski definition) is 1. The average molecular weight is 392 g/mol. The highest BCUT2D eigenvalue weighted by atomic mass is 32.2. The predicted octanol–water partition coefficient (Wildman–Crippen LogP) is 3.97. The number of amides is 1. The summed E-state index contributed by atoms with van der Waals surface area (Å²) in [5.41, 5.74) is 0.0332. The zero-order chi connectivity index (χ0) is 18.1. The third-order valence-corrected chi connectivity index (χ3v) is 7.27. The van der Waals surface area contributed by atoms with Crippen molar-refractivity contribution in [2.24, 2.45) is 5.92 Å². The molecule has 1 unspecified atom stereocenters. The quantitative estimate of drug-likeness (QED) is 0.598. The maximum atomic E-state index is 13.0. The van der Waals surface area contributed by atoms with Gasteiger partial charge in [0.2, 0.25) is 5.91 Å². The van der Waals surface area contributed by atoms with Crippen molar-refractivity contribution in [3.63, 3.8) is 0 Å². The topological polar surface area (TPSA) is 64.0 Å². The lowest BCUT2D eigenvalue weighted by atomic mass is 9.95. The minimum absolute atomic E-state index is 0.0332. The molecule has 1 amide bonds. The Morgan fingerprint density at radius 2 is 2.12 bits per heavy atom. The van der Waals surface area contributed by atoms with Gasteiger partial charge in [0.15, 0.2) is 5.16 Å². The summed E-state index contributed by atoms with van der Waals surface area (Å²) in [6.45, 7) is 2.10. The smallest absolute Gasteiger partial charge is 0.263 e. The fourth-order valence-electron chi connectivity index (χ4n) is 3.80. The second-order valence-corrected chi connectivity index (χ2v) is 9.32. The Bertz CT molecular complexity index is 850. The van der Waals surface area contributed by atoms with Crippen LogP contribution in [0.5, 0.6) is 0 Å². The van der Waals surface area contributed by atoms with Gasteiger partial charge in [-0.1, -0.05) is 31.0 Å². The van der Waals surface area contributed by atoms with E-state index in [-0.39, 0.29) is 17.5 Å². The molecule has 2 saturated carbocycles. The van der Waals surface area contributed by atoms with Crippen molar-refractivity contribution >= 4 is 39.2 Å². The molecular formula is C19H25N3O2S2. The summed E-state index contributed by atoms with van der Waals surface area (Å²) in [5, 5.41) is 6.44. The lowest BCUT2D eigenvalue weighted by molar-refractivity contribution is -0.119. The Hall–Kier alpha value is -1.34. The van der Waals surface area contributed by atoms with Crippen LogP contribution in [0, 0.1) is 5.92 Å². The molecule has 2 fully saturated rings. The zero-order valence-corrected chi connectivity index (χ0v) is 16.7. The SMILES string of the molecule is CC(C1CC1)n1c(SCC(=O)NC2CCCCC2)nc2sccc2c1=O. The van der Waals surface area contributed by atoms with Gasteiger partial charge in [-0.15, -0.1) is 11.3 Å². The third kappa shape index (κ3) is 3.83. The minimum Gasteiger partial charge on any atom is -0.353 e. The van der Waals surface area contributed by atoms with Crippen molar-refractivity contribution < 1.29 is 4.79 Å². The van der Waals surface area contributed by atoms with Crippen LogP contribution in [0.4, 0.5) is 0 Å². The average Bonchev–Trinajstić information content (AvgIpc) is 3.38. The molecule has 7 heteroatoms. The molecule has 2 heterocycles. The molecule has 0 aliphatic heterocycles. The first-order chi connectivity index (χ1) is 12.6. The molecule has 0 radical (unpaired) electrons. The van der Waals surface area contributed by atoms with E-state index in [9.17, 15) is 9.59 Å². The molecule has 1 N–H and O–H groups in total. The molecule has 5 nitrogen and oxygen atoms in total. The molecular weight excluding hydrogens is 366 g/mol. The number of thioether (sulfide) groups is 1. The van der Waals surface area contributed by atoms with Gasteiger partial charge < -0.3 is 5.32 Å². The Morgan fingerprint density at radius 1 is 1.35 bits per heavy atom. The van der Waals surface area contributed by atoms with Crippen molar-refractivity contribution in [3.8, 4) is 0 Å². The van der Waals surface area contributed by atoms with Crippen LogP contribution in [-0.2, 0) is 4.79 Å². The van der Waals surface area contributed by atoms with Crippen molar-refractivity contribution in [2.75, 3.05) is 5.75 Å². The van der Waals surface area contributed by atoms with E-state index in [1.807, 2.05) is 16.0 Å². The molecule has 2 aromatic rings. The van der Waals surface area contributed by atoms with E-state index in [2.05, 4.69) is 12.2 Å². The molecule has 140 valence electrons. The van der Waals surface area contributed by atoms with E-state index < -0.39 is 0 Å². The van der Waals surface area contributed by atoms with Crippen LogP contribution in [0.25, 0.3) is 10.2 Å². The van der Waals surface area contributed by atoms with E-state index in [1.54, 1.807) is 0 Å². The van der Waals surface area contributed by atoms with Crippen LogP contribution in [-0.4, -0.2) is 27.3 Å². The van der Waals surface area contributed by atoms with Crippen molar-refractivity contribution in [1.29, 1.82) is 0 Å². The summed E-state index contributed by atoms with van der Waals surface area (Å²) < 4.78 is 1.82. The highest BCUT2D eigenvalue weighted by Gasteiger charge is 2.32. The first kappa shape index (κ1) is 18.0. The summed E-state index contributed by atoms with van der Waals surface area (Å²) >= 11 is 2.88. The van der Waals surface area contributed by atoms with Crippen LogP contribution in [0.3, 0.4) is 0 Å². The van der Waals surface area contributed by atoms with Crippen LogP contribution in [0.1, 0.15) is 57.9 Å². The van der Waals surface area contributed by atoms with Gasteiger partial charge in [-0.25, -0.2) is 4.98 Å². The van der Waals surface area contributed by atoms with Gasteiger partial charge in [0, 0.05) is 12.1 Å². The number of carbonyl (C=O) groups is 1. The van der Waals surface area contributed by atoms with Crippen LogP contribution >= 0.6 is 23.1 Å². The second-order valence-electron chi connectivity index (χ2n) is 7.48. The maximum Gasteiger partial charge on any atom is 0.263 e. The highest BCUT2D eigenvalue weighted by Crippen LogP contribution is 2.40. The fraction of sp³-hybridized carbons (Fsp3) is 0.632. The molecule has 26 heavy (non-hydrogen) atoms. The molecule has 0 bridgehead atoms. The molecule has 0 spiro atoms. The van der Waals surface area contributed by atoms with Crippen LogP contribution in [0.2, 0.25) is 0 Å². The first-order valence-electron chi connectivity index (χ1n) is 9.55. The Kier molecular flexibility index (Phi) is 5.36. The lowest BCUT2D eigenvalue weighted by Gasteiger charge is -2.23. The Labute approximate surface area is 161 Å². The fourth-order valence-corrected chi connectivity index (χ4v) is 5.50. The number of thiophene rings is 1. The van der Waals surface area contributed by atoms with E-state index >= 15 is 0 Å². The summed E-state index contributed by atoms with van der Waals surface area (Å²) in [7, 11) is 0. The number of carbonyl (C=O) groups excluding carboxylic acids is 1. The number of nitrogens with zero attached hydrogens (tertiary/aromatic N) is 2. The number of aromatic nitrogens is 2. The van der Waals surface area contributed by atoms with Crippen molar-refractivity contribution in [3.05, 3.63) is 21.8 Å². The zero-order valence-electron chi connectivity index (χ0n) is 15.1. The summed E-state index contributed by atoms with van der Waals surface area (Å²) in [6, 6.07) is 2.32. The minimum atomic E-state index is 0.0332. The summed E-state index contributed by atoms with van der Waals surface area (Å²) in [4.78, 5) is 30.8. The van der Waals surface area contributed by atoms with Gasteiger partial charge in [-0.2, -0.15) is 0 Å². The Balaban J connectivity index is 1.52. The second kappa shape index (κ2) is 7.72. The number of fused-ring (bicyclic) bond motifs is 1.